The molecule has 14 heteroatoms. The molecule has 0 unspecified atom stereocenters. The van der Waals surface area contributed by atoms with Crippen LogP contribution in [0.4, 0.5) is 9.59 Å². The van der Waals surface area contributed by atoms with Crippen molar-refractivity contribution in [2.24, 2.45) is 22.7 Å². The minimum Gasteiger partial charge on any atom is -0.453 e. The molecule has 4 atom stereocenters. The van der Waals surface area contributed by atoms with Gasteiger partial charge in [-0.3, -0.25) is 9.59 Å². The Morgan fingerprint density at radius 3 is 2.02 bits per heavy atom. The third kappa shape index (κ3) is 7.82. The van der Waals surface area contributed by atoms with E-state index in [-0.39, 0.29) is 46.6 Å². The van der Waals surface area contributed by atoms with Crippen molar-refractivity contribution in [2.45, 2.75) is 102 Å². The van der Waals surface area contributed by atoms with E-state index in [4.69, 9.17) is 19.4 Å². The third-order valence-electron chi connectivity index (χ3n) is 13.8. The van der Waals surface area contributed by atoms with Crippen LogP contribution in [0, 0.1) is 34.5 Å². The van der Waals surface area contributed by atoms with Gasteiger partial charge in [0, 0.05) is 24.2 Å². The molecule has 5 fully saturated rings. The number of benzene rings is 2. The highest BCUT2D eigenvalue weighted by molar-refractivity contribution is 5.88. The van der Waals surface area contributed by atoms with Crippen LogP contribution >= 0.6 is 0 Å². The Morgan fingerprint density at radius 2 is 1.38 bits per heavy atom. The number of methoxy groups -OCH3 is 2. The number of rotatable bonds is 9. The highest BCUT2D eigenvalue weighted by Crippen LogP contribution is 2.59. The number of H-pyrrole nitrogens is 2. The summed E-state index contributed by atoms with van der Waals surface area (Å²) < 4.78 is 9.73. The largest absolute Gasteiger partial charge is 0.453 e. The number of hydrogen-bond acceptors (Lipinski definition) is 8. The van der Waals surface area contributed by atoms with Crippen LogP contribution in [0.25, 0.3) is 22.3 Å². The van der Waals surface area contributed by atoms with Gasteiger partial charge in [-0.05, 0) is 110 Å². The number of carbonyl (C=O) groups excluding carboxylic acids is 4. The second kappa shape index (κ2) is 15.6. The Kier molecular flexibility index (Phi) is 10.3. The summed E-state index contributed by atoms with van der Waals surface area (Å²) in [4.78, 5) is 73.1. The number of imidazole rings is 2. The van der Waals surface area contributed by atoms with E-state index in [9.17, 15) is 19.2 Å². The smallest absolute Gasteiger partial charge is 0.407 e. The van der Waals surface area contributed by atoms with Crippen molar-refractivity contribution in [3.05, 3.63) is 71.4 Å². The summed E-state index contributed by atoms with van der Waals surface area (Å²) >= 11 is 0. The fourth-order valence-electron chi connectivity index (χ4n) is 9.85. The van der Waals surface area contributed by atoms with Crippen LogP contribution in [-0.4, -0.2) is 93.1 Å². The number of carbonyl (C=O) groups is 4. The molecular weight excluding hydrogens is 761 g/mol. The molecule has 4 N–H and O–H groups in total. The van der Waals surface area contributed by atoms with Gasteiger partial charge in [-0.2, -0.15) is 0 Å². The predicted octanol–water partition coefficient (Wildman–Crippen LogP) is 6.76. The lowest BCUT2D eigenvalue weighted by Gasteiger charge is -2.31. The molecule has 4 heterocycles. The summed E-state index contributed by atoms with van der Waals surface area (Å²) in [5.74, 6) is 7.95. The lowest BCUT2D eigenvalue weighted by atomic mass is 9.96. The molecule has 4 amide bonds. The summed E-state index contributed by atoms with van der Waals surface area (Å²) in [6.07, 6.45) is 10.6. The number of nitrogens with zero attached hydrogens (tertiary/aromatic N) is 4. The molecule has 4 aromatic rings. The molecule has 2 spiro atoms. The van der Waals surface area contributed by atoms with Gasteiger partial charge < -0.3 is 39.9 Å². The average Bonchev–Trinajstić information content (AvgIpc) is 3.71. The normalized spacial score (nSPS) is 22.1. The fourth-order valence-corrected chi connectivity index (χ4v) is 9.85. The molecule has 0 radical (unpaired) electrons. The third-order valence-corrected chi connectivity index (χ3v) is 13.8. The first kappa shape index (κ1) is 39.6. The maximum atomic E-state index is 14.2. The number of ether oxygens (including phenoxy) is 2. The second-order valence-electron chi connectivity index (χ2n) is 18.3. The van der Waals surface area contributed by atoms with Gasteiger partial charge in [0.15, 0.2) is 0 Å². The quantitative estimate of drug-likeness (QED) is 0.134. The number of fused-ring (bicyclic) bond motifs is 1. The Bertz CT molecular complexity index is 2360. The molecular formula is C46H54N8O6. The van der Waals surface area contributed by atoms with E-state index in [0.717, 1.165) is 109 Å². The lowest BCUT2D eigenvalue weighted by molar-refractivity contribution is -0.136. The maximum Gasteiger partial charge on any atom is 0.407 e. The number of nitrogens with one attached hydrogen (secondary N) is 4. The van der Waals surface area contributed by atoms with Gasteiger partial charge in [-0.25, -0.2) is 19.6 Å². The number of likely N-dealkylation sites (tertiary alicyclic amines) is 2. The van der Waals surface area contributed by atoms with Crippen LogP contribution in [0.5, 0.6) is 0 Å². The zero-order chi connectivity index (χ0) is 41.8. The zero-order valence-corrected chi connectivity index (χ0v) is 34.8. The highest BCUT2D eigenvalue weighted by atomic mass is 16.5. The molecule has 60 heavy (non-hydrogen) atoms. The maximum absolute atomic E-state index is 14.2. The van der Waals surface area contributed by atoms with Crippen molar-refractivity contribution < 1.29 is 28.7 Å². The van der Waals surface area contributed by atoms with E-state index >= 15 is 0 Å². The molecule has 9 rings (SSSR count). The second-order valence-corrected chi connectivity index (χ2v) is 18.3. The Balaban J connectivity index is 0.888. The number of hydrogen-bond donors (Lipinski definition) is 4. The van der Waals surface area contributed by atoms with Crippen molar-refractivity contribution in [3.8, 4) is 23.1 Å². The monoisotopic (exact) mass is 814 g/mol. The van der Waals surface area contributed by atoms with E-state index < -0.39 is 24.3 Å². The van der Waals surface area contributed by atoms with E-state index in [1.807, 2.05) is 72.3 Å². The molecule has 14 nitrogen and oxygen atoms in total. The summed E-state index contributed by atoms with van der Waals surface area (Å²) in [6.45, 7) is 5.17. The average molecular weight is 815 g/mol. The number of aromatic nitrogens is 4. The number of aromatic amines is 2. The predicted molar refractivity (Wildman–Crippen MR) is 223 cm³/mol. The summed E-state index contributed by atoms with van der Waals surface area (Å²) in [7, 11) is 2.64. The molecule has 2 aromatic heterocycles. The van der Waals surface area contributed by atoms with E-state index in [1.165, 1.54) is 14.2 Å². The van der Waals surface area contributed by atoms with Crippen molar-refractivity contribution in [1.82, 2.24) is 40.4 Å². The summed E-state index contributed by atoms with van der Waals surface area (Å²) in [6, 6.07) is 12.2. The zero-order valence-electron chi connectivity index (χ0n) is 34.8. The van der Waals surface area contributed by atoms with Crippen molar-refractivity contribution in [2.75, 3.05) is 27.3 Å². The van der Waals surface area contributed by atoms with Gasteiger partial charge in [0.1, 0.15) is 23.7 Å². The summed E-state index contributed by atoms with van der Waals surface area (Å²) in [5, 5.41) is 5.62. The van der Waals surface area contributed by atoms with Crippen LogP contribution in [0.1, 0.15) is 113 Å². The SMILES string of the molecule is COC(=O)N[C@H](C(=O)N1CC2(CC2)C[C@H]1c1ncc(-c2ccc(C#Cc3ccc4nc([C@@H]5CC6(CC6)CN5C(=O)[C@@H](NC(=O)OC)C5CCCC5)[nH]c4c3)cc2)[nH]1)C(C)C. The van der Waals surface area contributed by atoms with E-state index in [2.05, 4.69) is 32.4 Å². The van der Waals surface area contributed by atoms with Gasteiger partial charge in [0.2, 0.25) is 11.8 Å². The lowest BCUT2D eigenvalue weighted by Crippen LogP contribution is -2.52. The van der Waals surface area contributed by atoms with Gasteiger partial charge >= 0.3 is 12.2 Å². The van der Waals surface area contributed by atoms with Crippen molar-refractivity contribution in [3.63, 3.8) is 0 Å². The minimum atomic E-state index is -0.691. The van der Waals surface area contributed by atoms with Crippen molar-refractivity contribution in [1.29, 1.82) is 0 Å². The van der Waals surface area contributed by atoms with Gasteiger partial charge in [0.25, 0.3) is 0 Å². The molecule has 314 valence electrons. The molecule has 2 aromatic carbocycles. The molecule has 2 saturated heterocycles. The highest BCUT2D eigenvalue weighted by Gasteiger charge is 2.56. The number of alkyl carbamates (subject to hydrolysis) is 2. The molecule has 3 saturated carbocycles. The Hall–Kier alpha value is -5.84. The first-order valence-electron chi connectivity index (χ1n) is 21.4. The van der Waals surface area contributed by atoms with Crippen LogP contribution in [-0.2, 0) is 19.1 Å². The first-order valence-corrected chi connectivity index (χ1v) is 21.4. The van der Waals surface area contributed by atoms with Crippen LogP contribution in [0.3, 0.4) is 0 Å². The van der Waals surface area contributed by atoms with Crippen LogP contribution in [0.15, 0.2) is 48.7 Å². The molecule has 3 aliphatic carbocycles. The summed E-state index contributed by atoms with van der Waals surface area (Å²) in [5.41, 5.74) is 5.43. The topological polar surface area (TPSA) is 175 Å². The standard InChI is InChI=1S/C46H54N8O6/c1-27(2)37(51-43(57)59-3)41(55)53-25-45(17-18-45)22-35(53)39-47-24-34(50-39)30-14-11-28(12-15-30)9-10-29-13-16-32-33(21-29)49-40(48-32)36-23-46(19-20-46)26-54(36)42(56)38(52-44(58)60-4)31-7-5-6-8-31/h11-16,21,24,27,31,35-38H,5-8,17-20,22-23,25-26H2,1-4H3,(H,47,50)(H,48,49)(H,51,57)(H,52,58)/t35-,36-,37-,38-/m0/s1. The van der Waals surface area contributed by atoms with E-state index in [0.29, 0.717) is 13.1 Å². The van der Waals surface area contributed by atoms with Crippen LogP contribution < -0.4 is 10.6 Å². The van der Waals surface area contributed by atoms with Gasteiger partial charge in [0.05, 0.1) is 49.2 Å². The Labute approximate surface area is 349 Å². The minimum absolute atomic E-state index is 0.0443. The first-order chi connectivity index (χ1) is 29.0. The van der Waals surface area contributed by atoms with Gasteiger partial charge in [-0.15, -0.1) is 0 Å². The fraction of sp³-hybridized carbons (Fsp3) is 0.522. The van der Waals surface area contributed by atoms with Gasteiger partial charge in [-0.1, -0.05) is 50.7 Å². The molecule has 2 aliphatic heterocycles. The molecule has 0 bridgehead atoms. The number of amides is 4. The van der Waals surface area contributed by atoms with Crippen molar-refractivity contribution >= 4 is 35.0 Å². The van der Waals surface area contributed by atoms with E-state index in [1.54, 1.807) is 0 Å². The van der Waals surface area contributed by atoms with Crippen LogP contribution in [0.2, 0.25) is 0 Å². The molecule has 5 aliphatic rings. The Morgan fingerprint density at radius 1 is 0.783 bits per heavy atom.